The Balaban J connectivity index is 0.00000408. The Morgan fingerprint density at radius 1 is 1.12 bits per heavy atom. The summed E-state index contributed by atoms with van der Waals surface area (Å²) in [6.45, 7) is 2.03. The number of rotatable bonds is 10. The van der Waals surface area contributed by atoms with Gasteiger partial charge in [0.15, 0.2) is 0 Å². The van der Waals surface area contributed by atoms with Gasteiger partial charge in [-0.3, -0.25) is 4.79 Å². The Morgan fingerprint density at radius 2 is 1.85 bits per heavy atom. The Bertz CT molecular complexity index is 985. The molecule has 0 spiro atoms. The maximum absolute atomic E-state index is 13.2. The number of aryl methyl sites for hydroxylation is 1. The van der Waals surface area contributed by atoms with E-state index >= 15 is 0 Å². The minimum atomic E-state index is -1.00. The van der Waals surface area contributed by atoms with Crippen molar-refractivity contribution in [3.05, 3.63) is 65.2 Å². The van der Waals surface area contributed by atoms with Gasteiger partial charge in [-0.05, 0) is 72.1 Å². The number of carbonyl (C=O) groups excluding carboxylic acids is 1. The van der Waals surface area contributed by atoms with E-state index < -0.39 is 12.0 Å². The van der Waals surface area contributed by atoms with Gasteiger partial charge in [0.2, 0.25) is 0 Å². The summed E-state index contributed by atoms with van der Waals surface area (Å²) in [4.78, 5) is 24.8. The first-order chi connectivity index (χ1) is 16.0. The molecule has 2 N–H and O–H groups in total. The van der Waals surface area contributed by atoms with Crippen molar-refractivity contribution in [1.29, 1.82) is 0 Å². The molecule has 1 aliphatic carbocycles. The van der Waals surface area contributed by atoms with Crippen LogP contribution in [0, 0.1) is 12.8 Å². The predicted molar refractivity (Wildman–Crippen MR) is 146 cm³/mol. The molecule has 1 unspecified atom stereocenters. The number of carboxylic acids is 1. The van der Waals surface area contributed by atoms with Crippen LogP contribution in [-0.2, 0) is 4.79 Å². The van der Waals surface area contributed by atoms with E-state index in [2.05, 4.69) is 17.5 Å². The van der Waals surface area contributed by atoms with Gasteiger partial charge < -0.3 is 10.4 Å². The summed E-state index contributed by atoms with van der Waals surface area (Å²) in [5, 5.41) is 12.3. The summed E-state index contributed by atoms with van der Waals surface area (Å²) in [6, 6.07) is 12.9. The molecule has 1 fully saturated rings. The summed E-state index contributed by atoms with van der Waals surface area (Å²) in [5.41, 5.74) is 4.45. The number of carboxylic acid groups (broad SMARTS) is 1. The van der Waals surface area contributed by atoms with Gasteiger partial charge in [-0.25, -0.2) is 4.79 Å². The maximum atomic E-state index is 13.2. The van der Waals surface area contributed by atoms with Crippen molar-refractivity contribution >= 4 is 48.6 Å². The van der Waals surface area contributed by atoms with E-state index in [9.17, 15) is 14.7 Å². The van der Waals surface area contributed by atoms with E-state index in [1.54, 1.807) is 11.8 Å². The molecule has 1 atom stereocenters. The Morgan fingerprint density at radius 3 is 2.53 bits per heavy atom. The number of amides is 1. The number of hydrogen-bond donors (Lipinski definition) is 2. The first-order valence-corrected chi connectivity index (χ1v) is 13.3. The van der Waals surface area contributed by atoms with Gasteiger partial charge in [-0.15, -0.1) is 0 Å². The van der Waals surface area contributed by atoms with E-state index in [0.717, 1.165) is 34.6 Å². The van der Waals surface area contributed by atoms with E-state index in [-0.39, 0.29) is 24.8 Å². The molecule has 0 aliphatic heterocycles. The van der Waals surface area contributed by atoms with Crippen molar-refractivity contribution < 1.29 is 14.7 Å². The normalized spacial score (nSPS) is 15.0. The second-order valence-electron chi connectivity index (χ2n) is 8.91. The van der Waals surface area contributed by atoms with E-state index in [1.807, 2.05) is 55.6 Å². The van der Waals surface area contributed by atoms with Crippen molar-refractivity contribution in [2.75, 3.05) is 12.0 Å². The van der Waals surface area contributed by atoms with Crippen LogP contribution >= 0.6 is 11.8 Å². The third kappa shape index (κ3) is 8.08. The summed E-state index contributed by atoms with van der Waals surface area (Å²) < 4.78 is 0. The van der Waals surface area contributed by atoms with Crippen LogP contribution in [0.5, 0.6) is 0 Å². The minimum absolute atomic E-state index is 0. The molecule has 4 nitrogen and oxygen atoms in total. The number of hydrogen-bond acceptors (Lipinski definition) is 3. The molecule has 0 aromatic heterocycles. The number of thioether (sulfide) groups is 1. The van der Waals surface area contributed by atoms with Gasteiger partial charge in [-0.1, -0.05) is 74.6 Å². The molecule has 0 bridgehead atoms. The van der Waals surface area contributed by atoms with Crippen LogP contribution in [0.4, 0.5) is 0 Å². The molecule has 2 aromatic carbocycles. The van der Waals surface area contributed by atoms with Crippen LogP contribution in [0.3, 0.4) is 0 Å². The summed E-state index contributed by atoms with van der Waals surface area (Å²) >= 11 is 1.57. The second-order valence-corrected chi connectivity index (χ2v) is 9.89. The summed E-state index contributed by atoms with van der Waals surface area (Å²) in [6.07, 6.45) is 14.5. The fraction of sp³-hybridized carbons (Fsp3) is 0.429. The van der Waals surface area contributed by atoms with Crippen molar-refractivity contribution in [3.63, 3.8) is 0 Å². The first-order valence-electron chi connectivity index (χ1n) is 11.9. The topological polar surface area (TPSA) is 66.4 Å². The Labute approximate surface area is 220 Å². The molecule has 1 aliphatic rings. The molecular formula is C28H36LiNO3S. The fourth-order valence-electron chi connectivity index (χ4n) is 4.51. The van der Waals surface area contributed by atoms with E-state index in [4.69, 9.17) is 0 Å². The van der Waals surface area contributed by atoms with Crippen LogP contribution in [0.15, 0.2) is 48.5 Å². The van der Waals surface area contributed by atoms with Gasteiger partial charge in [-0.2, -0.15) is 11.8 Å². The molecule has 1 amide bonds. The zero-order valence-electron chi connectivity index (χ0n) is 19.7. The van der Waals surface area contributed by atoms with Crippen LogP contribution < -0.4 is 5.32 Å². The standard InChI is InChI=1S/C28H35NO3S.Li.H/c1-20-9-6-7-14-23(20)25-19-22(13-8-12-21-10-4-3-5-11-21)15-16-24(25)27(30)29-26(28(31)32)17-18-33-2;;/h6-9,13-16,19,21,26H,3-5,10-12,17-18H2,1-2H3,(H,29,30)(H,31,32);;/b13-8+;;. The molecule has 2 aromatic rings. The van der Waals surface area contributed by atoms with E-state index in [1.165, 1.54) is 32.1 Å². The van der Waals surface area contributed by atoms with Crippen molar-refractivity contribution in [2.24, 2.45) is 5.92 Å². The molecule has 178 valence electrons. The molecule has 3 rings (SSSR count). The third-order valence-corrected chi connectivity index (χ3v) is 7.09. The second kappa shape index (κ2) is 14.5. The number of carbonyl (C=O) groups is 2. The molecular weight excluding hydrogens is 437 g/mol. The number of aliphatic carboxylic acids is 1. The first kappa shape index (κ1) is 28.3. The number of allylic oxidation sites excluding steroid dienone is 1. The number of nitrogens with one attached hydrogen (secondary N) is 1. The van der Waals surface area contributed by atoms with E-state index in [0.29, 0.717) is 17.7 Å². The fourth-order valence-corrected chi connectivity index (χ4v) is 4.98. The van der Waals surface area contributed by atoms with Gasteiger partial charge >= 0.3 is 24.8 Å². The number of benzene rings is 2. The van der Waals surface area contributed by atoms with Gasteiger partial charge in [0.05, 0.1) is 0 Å². The molecule has 0 radical (unpaired) electrons. The van der Waals surface area contributed by atoms with Gasteiger partial charge in [0.1, 0.15) is 6.04 Å². The quantitative estimate of drug-likeness (QED) is 0.420. The van der Waals surface area contributed by atoms with Gasteiger partial charge in [0.25, 0.3) is 5.91 Å². The average molecular weight is 474 g/mol. The summed E-state index contributed by atoms with van der Waals surface area (Å²) in [7, 11) is 0. The van der Waals surface area contributed by atoms with Gasteiger partial charge in [0, 0.05) is 5.56 Å². The molecule has 0 heterocycles. The Hall–Kier alpha value is -1.93. The average Bonchev–Trinajstić information content (AvgIpc) is 2.82. The zero-order chi connectivity index (χ0) is 23.6. The van der Waals surface area contributed by atoms with Crippen molar-refractivity contribution in [2.45, 2.75) is 57.9 Å². The third-order valence-electron chi connectivity index (χ3n) is 6.44. The zero-order valence-corrected chi connectivity index (χ0v) is 20.5. The van der Waals surface area contributed by atoms with Crippen LogP contribution in [0.25, 0.3) is 17.2 Å². The molecule has 6 heteroatoms. The predicted octanol–water partition coefficient (Wildman–Crippen LogP) is 5.93. The molecule has 34 heavy (non-hydrogen) atoms. The van der Waals surface area contributed by atoms with Crippen LogP contribution in [0.1, 0.15) is 66.4 Å². The summed E-state index contributed by atoms with van der Waals surface area (Å²) in [5.74, 6) is 0.105. The van der Waals surface area contributed by atoms with Crippen molar-refractivity contribution in [3.8, 4) is 11.1 Å². The van der Waals surface area contributed by atoms with Crippen LogP contribution in [0.2, 0.25) is 0 Å². The monoisotopic (exact) mass is 473 g/mol. The Kier molecular flexibility index (Phi) is 12.0. The SMILES string of the molecule is CSCCC(NC(=O)c1ccc(/C=C/CC2CCCCC2)cc1-c1ccccc1C)C(=O)O.[LiH]. The van der Waals surface area contributed by atoms with Crippen LogP contribution in [-0.4, -0.2) is 53.9 Å². The van der Waals surface area contributed by atoms with Crippen molar-refractivity contribution in [1.82, 2.24) is 5.32 Å². The molecule has 1 saturated carbocycles. The molecule has 0 saturated heterocycles.